The van der Waals surface area contributed by atoms with Gasteiger partial charge in [0.05, 0.1) is 12.3 Å². The summed E-state index contributed by atoms with van der Waals surface area (Å²) in [4.78, 5) is 4.14. The average Bonchev–Trinajstić information content (AvgIpc) is 2.55. The van der Waals surface area contributed by atoms with Crippen molar-refractivity contribution < 1.29 is 13.2 Å². The van der Waals surface area contributed by atoms with Crippen LogP contribution in [-0.4, -0.2) is 52.6 Å². The molecule has 2 N–H and O–H groups in total. The van der Waals surface area contributed by atoms with E-state index < -0.39 is 9.84 Å². The van der Waals surface area contributed by atoms with Gasteiger partial charge in [0.2, 0.25) is 0 Å². The van der Waals surface area contributed by atoms with Crippen molar-refractivity contribution in [3.05, 3.63) is 29.8 Å². The van der Waals surface area contributed by atoms with Crippen LogP contribution < -0.4 is 15.4 Å². The highest BCUT2D eigenvalue weighted by molar-refractivity contribution is 14.0. The first-order valence-electron chi connectivity index (χ1n) is 8.59. The minimum absolute atomic E-state index is 0. The van der Waals surface area contributed by atoms with Crippen LogP contribution in [0.25, 0.3) is 0 Å². The lowest BCUT2D eigenvalue weighted by Crippen LogP contribution is -2.44. The maximum atomic E-state index is 11.2. The third-order valence-corrected chi connectivity index (χ3v) is 4.72. The molecule has 1 aromatic carbocycles. The average molecular weight is 497 g/mol. The Kier molecular flexibility index (Phi) is 11.9. The number of sulfone groups is 1. The van der Waals surface area contributed by atoms with Crippen molar-refractivity contribution >= 4 is 39.8 Å². The Balaban J connectivity index is 0.00000625. The second-order valence-corrected chi connectivity index (χ2v) is 8.79. The summed E-state index contributed by atoms with van der Waals surface area (Å²) in [5.74, 6) is 2.15. The van der Waals surface area contributed by atoms with Crippen LogP contribution in [0.2, 0.25) is 0 Å². The second-order valence-electron chi connectivity index (χ2n) is 6.54. The summed E-state index contributed by atoms with van der Waals surface area (Å²) >= 11 is 0. The van der Waals surface area contributed by atoms with Gasteiger partial charge >= 0.3 is 0 Å². The Bertz CT molecular complexity index is 646. The number of aliphatic imine (C=N–C) groups is 1. The lowest BCUT2D eigenvalue weighted by Gasteiger charge is -2.17. The maximum Gasteiger partial charge on any atom is 0.191 e. The monoisotopic (exact) mass is 497 g/mol. The van der Waals surface area contributed by atoms with Crippen LogP contribution in [0.15, 0.2) is 29.3 Å². The smallest absolute Gasteiger partial charge is 0.191 e. The van der Waals surface area contributed by atoms with Gasteiger partial charge in [-0.25, -0.2) is 8.42 Å². The number of benzene rings is 1. The van der Waals surface area contributed by atoms with E-state index in [1.165, 1.54) is 11.8 Å². The number of hydrogen-bond acceptors (Lipinski definition) is 4. The summed E-state index contributed by atoms with van der Waals surface area (Å²) < 4.78 is 28.1. The molecule has 6 nitrogen and oxygen atoms in total. The van der Waals surface area contributed by atoms with Crippen molar-refractivity contribution in [1.82, 2.24) is 10.6 Å². The molecule has 0 aromatic heterocycles. The quantitative estimate of drug-likeness (QED) is 0.238. The number of guanidine groups is 1. The molecule has 150 valence electrons. The molecule has 1 aromatic rings. The van der Waals surface area contributed by atoms with Crippen molar-refractivity contribution in [3.63, 3.8) is 0 Å². The zero-order valence-corrected chi connectivity index (χ0v) is 19.4. The molecule has 1 atom stereocenters. The van der Waals surface area contributed by atoms with Crippen LogP contribution in [0.1, 0.15) is 38.7 Å². The molecule has 0 heterocycles. The Hall–Kier alpha value is -1.03. The minimum Gasteiger partial charge on any atom is -0.492 e. The van der Waals surface area contributed by atoms with E-state index in [9.17, 15) is 8.42 Å². The lowest BCUT2D eigenvalue weighted by atomic mass is 10.0. The van der Waals surface area contributed by atoms with Gasteiger partial charge in [-0.3, -0.25) is 4.99 Å². The van der Waals surface area contributed by atoms with E-state index in [1.807, 2.05) is 19.1 Å². The zero-order chi connectivity index (χ0) is 18.9. The minimum atomic E-state index is -2.94. The van der Waals surface area contributed by atoms with Gasteiger partial charge in [-0.2, -0.15) is 0 Å². The first-order valence-corrected chi connectivity index (χ1v) is 10.6. The largest absolute Gasteiger partial charge is 0.492 e. The summed E-state index contributed by atoms with van der Waals surface area (Å²) in [7, 11) is -1.26. The van der Waals surface area contributed by atoms with Gasteiger partial charge in [0.15, 0.2) is 5.96 Å². The predicted molar refractivity (Wildman–Crippen MR) is 120 cm³/mol. The number of nitrogens with zero attached hydrogens (tertiary/aromatic N) is 1. The van der Waals surface area contributed by atoms with E-state index in [0.29, 0.717) is 31.4 Å². The SMILES string of the molecule is CN=C(NCCOc1ccc(C(C)C)cc1)NC(C)CCS(C)(=O)=O.I. The van der Waals surface area contributed by atoms with Crippen molar-refractivity contribution in [2.75, 3.05) is 32.2 Å². The number of rotatable bonds is 9. The molecule has 0 aliphatic carbocycles. The fourth-order valence-corrected chi connectivity index (χ4v) is 2.96. The van der Waals surface area contributed by atoms with Crippen LogP contribution in [-0.2, 0) is 9.84 Å². The number of halogens is 1. The summed E-state index contributed by atoms with van der Waals surface area (Å²) in [5.41, 5.74) is 1.29. The van der Waals surface area contributed by atoms with Crippen molar-refractivity contribution in [1.29, 1.82) is 0 Å². The van der Waals surface area contributed by atoms with Crippen molar-refractivity contribution in [3.8, 4) is 5.75 Å². The van der Waals surface area contributed by atoms with E-state index in [1.54, 1.807) is 7.05 Å². The summed E-state index contributed by atoms with van der Waals surface area (Å²) in [6.45, 7) is 7.37. The molecular formula is C18H32IN3O3S. The van der Waals surface area contributed by atoms with Gasteiger partial charge in [-0.1, -0.05) is 26.0 Å². The van der Waals surface area contributed by atoms with Crippen LogP contribution >= 0.6 is 24.0 Å². The van der Waals surface area contributed by atoms with Crippen molar-refractivity contribution in [2.45, 2.75) is 39.2 Å². The highest BCUT2D eigenvalue weighted by Gasteiger charge is 2.09. The number of hydrogen-bond donors (Lipinski definition) is 2. The van der Waals surface area contributed by atoms with Crippen molar-refractivity contribution in [2.24, 2.45) is 4.99 Å². The molecule has 0 saturated heterocycles. The van der Waals surface area contributed by atoms with Gasteiger partial charge in [0, 0.05) is 19.3 Å². The summed E-state index contributed by atoms with van der Waals surface area (Å²) in [6, 6.07) is 8.14. The van der Waals surface area contributed by atoms with Crippen LogP contribution in [0, 0.1) is 0 Å². The molecule has 0 spiro atoms. The Morgan fingerprint density at radius 1 is 1.19 bits per heavy atom. The van der Waals surface area contributed by atoms with E-state index in [4.69, 9.17) is 4.74 Å². The highest BCUT2D eigenvalue weighted by Crippen LogP contribution is 2.18. The first kappa shape index (κ1) is 25.0. The first-order chi connectivity index (χ1) is 11.7. The fraction of sp³-hybridized carbons (Fsp3) is 0.611. The molecular weight excluding hydrogens is 465 g/mol. The molecule has 8 heteroatoms. The number of nitrogens with one attached hydrogen (secondary N) is 2. The molecule has 26 heavy (non-hydrogen) atoms. The van der Waals surface area contributed by atoms with Gasteiger partial charge in [-0.15, -0.1) is 24.0 Å². The van der Waals surface area contributed by atoms with Gasteiger partial charge < -0.3 is 15.4 Å². The summed E-state index contributed by atoms with van der Waals surface area (Å²) in [5, 5.41) is 6.34. The molecule has 0 saturated carbocycles. The Morgan fingerprint density at radius 3 is 2.31 bits per heavy atom. The standard InChI is InChI=1S/C18H31N3O3S.HI/c1-14(2)16-6-8-17(9-7-16)24-12-11-20-18(19-4)21-15(3)10-13-25(5,22)23;/h6-9,14-15H,10-13H2,1-5H3,(H2,19,20,21);1H. The molecule has 1 rings (SSSR count). The van der Waals surface area contributed by atoms with E-state index in [-0.39, 0.29) is 35.8 Å². The van der Waals surface area contributed by atoms with E-state index in [2.05, 4.69) is 41.6 Å². The Morgan fingerprint density at radius 2 is 1.81 bits per heavy atom. The second kappa shape index (κ2) is 12.4. The normalized spacial score (nSPS) is 13.1. The molecule has 0 amide bonds. The van der Waals surface area contributed by atoms with E-state index >= 15 is 0 Å². The highest BCUT2D eigenvalue weighted by atomic mass is 127. The zero-order valence-electron chi connectivity index (χ0n) is 16.3. The fourth-order valence-electron chi connectivity index (χ4n) is 2.18. The third-order valence-electron chi connectivity index (χ3n) is 3.74. The lowest BCUT2D eigenvalue weighted by molar-refractivity contribution is 0.321. The molecule has 0 aliphatic heterocycles. The van der Waals surface area contributed by atoms with Crippen LogP contribution in [0.4, 0.5) is 0 Å². The molecule has 0 fully saturated rings. The topological polar surface area (TPSA) is 79.8 Å². The third kappa shape index (κ3) is 10.8. The van der Waals surface area contributed by atoms with Gasteiger partial charge in [0.25, 0.3) is 0 Å². The maximum absolute atomic E-state index is 11.2. The molecule has 0 aliphatic rings. The Labute approximate surface area is 175 Å². The number of ether oxygens (including phenoxy) is 1. The van der Waals surface area contributed by atoms with Gasteiger partial charge in [-0.05, 0) is 37.0 Å². The van der Waals surface area contributed by atoms with Crippen LogP contribution in [0.3, 0.4) is 0 Å². The molecule has 0 bridgehead atoms. The molecule has 0 radical (unpaired) electrons. The van der Waals surface area contributed by atoms with Gasteiger partial charge in [0.1, 0.15) is 22.2 Å². The van der Waals surface area contributed by atoms with E-state index in [0.717, 1.165) is 5.75 Å². The predicted octanol–water partition coefficient (Wildman–Crippen LogP) is 2.80. The summed E-state index contributed by atoms with van der Waals surface area (Å²) in [6.07, 6.45) is 1.79. The van der Waals surface area contributed by atoms with Crippen LogP contribution in [0.5, 0.6) is 5.75 Å². The molecule has 1 unspecified atom stereocenters.